The van der Waals surface area contributed by atoms with Crippen LogP contribution >= 0.6 is 0 Å². The smallest absolute Gasteiger partial charge is 0.273 e. The first-order valence-electron chi connectivity index (χ1n) is 7.39. The maximum absolute atomic E-state index is 12.6. The summed E-state index contributed by atoms with van der Waals surface area (Å²) in [6, 6.07) is 4.78. The molecule has 2 aliphatic rings. The highest BCUT2D eigenvalue weighted by Gasteiger charge is 2.36. The number of nitro benzene ring substituents is 1. The van der Waals surface area contributed by atoms with Crippen molar-refractivity contribution in [2.24, 2.45) is 0 Å². The number of hydrogen-bond donors (Lipinski definition) is 2. The predicted octanol–water partition coefficient (Wildman–Crippen LogP) is 1.46. The van der Waals surface area contributed by atoms with E-state index in [4.69, 9.17) is 0 Å². The Bertz CT molecular complexity index is 692. The zero-order chi connectivity index (χ0) is 15.9. The molecule has 2 fully saturated rings. The van der Waals surface area contributed by atoms with Crippen molar-refractivity contribution in [3.05, 3.63) is 33.9 Å². The Hall–Kier alpha value is -1.51. The van der Waals surface area contributed by atoms with Gasteiger partial charge in [-0.05, 0) is 38.7 Å². The van der Waals surface area contributed by atoms with E-state index in [0.717, 1.165) is 25.7 Å². The van der Waals surface area contributed by atoms with E-state index in [-0.39, 0.29) is 22.2 Å². The van der Waals surface area contributed by atoms with Gasteiger partial charge in [0.15, 0.2) is 0 Å². The third kappa shape index (κ3) is 2.86. The zero-order valence-electron chi connectivity index (χ0n) is 12.3. The molecule has 8 heteroatoms. The van der Waals surface area contributed by atoms with Crippen molar-refractivity contribution in [2.45, 2.75) is 55.6 Å². The van der Waals surface area contributed by atoms with E-state index in [1.54, 1.807) is 0 Å². The predicted molar refractivity (Wildman–Crippen MR) is 81.1 cm³/mol. The minimum absolute atomic E-state index is 0.00687. The lowest BCUT2D eigenvalue weighted by molar-refractivity contribution is -0.385. The lowest BCUT2D eigenvalue weighted by Gasteiger charge is -2.29. The third-order valence-corrected chi connectivity index (χ3v) is 6.20. The van der Waals surface area contributed by atoms with Gasteiger partial charge in [-0.25, -0.2) is 13.1 Å². The van der Waals surface area contributed by atoms with Crippen LogP contribution in [-0.2, 0) is 10.0 Å². The van der Waals surface area contributed by atoms with Crippen molar-refractivity contribution in [2.75, 3.05) is 0 Å². The number of benzene rings is 1. The van der Waals surface area contributed by atoms with Gasteiger partial charge in [0.05, 0.1) is 9.82 Å². The van der Waals surface area contributed by atoms with Crippen LogP contribution in [0.5, 0.6) is 0 Å². The molecular formula is C14H19N3O4S. The molecule has 0 spiro atoms. The van der Waals surface area contributed by atoms with Crippen LogP contribution in [0, 0.1) is 17.0 Å². The molecule has 2 saturated heterocycles. The molecule has 2 N–H and O–H groups in total. The zero-order valence-corrected chi connectivity index (χ0v) is 13.1. The molecule has 3 rings (SSSR count). The van der Waals surface area contributed by atoms with Crippen LogP contribution in [0.3, 0.4) is 0 Å². The Kier molecular flexibility index (Phi) is 3.92. The van der Waals surface area contributed by atoms with Crippen molar-refractivity contribution in [1.82, 2.24) is 10.0 Å². The maximum atomic E-state index is 12.6. The maximum Gasteiger partial charge on any atom is 0.273 e. The number of hydrogen-bond acceptors (Lipinski definition) is 5. The molecule has 1 aromatic rings. The highest BCUT2D eigenvalue weighted by Crippen LogP contribution is 2.29. The van der Waals surface area contributed by atoms with Gasteiger partial charge in [-0.2, -0.15) is 0 Å². The monoisotopic (exact) mass is 325 g/mol. The Morgan fingerprint density at radius 1 is 1.27 bits per heavy atom. The molecule has 2 unspecified atom stereocenters. The van der Waals surface area contributed by atoms with E-state index in [1.807, 2.05) is 0 Å². The molecule has 1 aromatic carbocycles. The summed E-state index contributed by atoms with van der Waals surface area (Å²) in [5.74, 6) is 0. The quantitative estimate of drug-likeness (QED) is 0.645. The summed E-state index contributed by atoms with van der Waals surface area (Å²) in [6.45, 7) is 1.47. The van der Waals surface area contributed by atoms with Crippen molar-refractivity contribution < 1.29 is 13.3 Å². The fourth-order valence-corrected chi connectivity index (χ4v) is 5.05. The SMILES string of the molecule is Cc1c([N+](=O)[O-])cccc1S(=O)(=O)NC1CC2CCC(C1)N2. The van der Waals surface area contributed by atoms with Crippen LogP contribution in [-0.4, -0.2) is 31.5 Å². The number of nitrogens with zero attached hydrogens (tertiary/aromatic N) is 1. The molecule has 0 aliphatic carbocycles. The molecule has 0 amide bonds. The van der Waals surface area contributed by atoms with Gasteiger partial charge in [-0.3, -0.25) is 10.1 Å². The fraction of sp³-hybridized carbons (Fsp3) is 0.571. The fourth-order valence-electron chi connectivity index (χ4n) is 3.53. The molecule has 2 aliphatic heterocycles. The minimum Gasteiger partial charge on any atom is -0.311 e. The van der Waals surface area contributed by atoms with Crippen LogP contribution in [0.4, 0.5) is 5.69 Å². The first kappa shape index (κ1) is 15.4. The largest absolute Gasteiger partial charge is 0.311 e. The first-order chi connectivity index (χ1) is 10.4. The lowest BCUT2D eigenvalue weighted by atomic mass is 10.0. The summed E-state index contributed by atoms with van der Waals surface area (Å²) in [7, 11) is -3.75. The number of nitrogens with one attached hydrogen (secondary N) is 2. The van der Waals surface area contributed by atoms with Crippen molar-refractivity contribution in [3.8, 4) is 0 Å². The van der Waals surface area contributed by atoms with Gasteiger partial charge in [-0.1, -0.05) is 6.07 Å². The molecule has 0 radical (unpaired) electrons. The van der Waals surface area contributed by atoms with E-state index in [9.17, 15) is 18.5 Å². The molecule has 120 valence electrons. The van der Waals surface area contributed by atoms with Gasteiger partial charge in [0, 0.05) is 29.8 Å². The Balaban J connectivity index is 1.84. The molecule has 0 aromatic heterocycles. The number of fused-ring (bicyclic) bond motifs is 2. The number of nitro groups is 1. The lowest BCUT2D eigenvalue weighted by Crippen LogP contribution is -2.48. The van der Waals surface area contributed by atoms with Crippen molar-refractivity contribution >= 4 is 15.7 Å². The average Bonchev–Trinajstić information content (AvgIpc) is 2.77. The molecule has 2 bridgehead atoms. The summed E-state index contributed by atoms with van der Waals surface area (Å²) in [5, 5.41) is 14.4. The molecule has 7 nitrogen and oxygen atoms in total. The number of piperidine rings is 1. The second-order valence-electron chi connectivity index (χ2n) is 6.08. The van der Waals surface area contributed by atoms with Crippen LogP contribution in [0.1, 0.15) is 31.2 Å². The van der Waals surface area contributed by atoms with E-state index in [1.165, 1.54) is 25.1 Å². The van der Waals surface area contributed by atoms with Gasteiger partial charge in [-0.15, -0.1) is 0 Å². The summed E-state index contributed by atoms with van der Waals surface area (Å²) >= 11 is 0. The first-order valence-corrected chi connectivity index (χ1v) is 8.87. The number of rotatable bonds is 4. The third-order valence-electron chi connectivity index (χ3n) is 4.54. The molecule has 0 saturated carbocycles. The van der Waals surface area contributed by atoms with Gasteiger partial charge in [0.2, 0.25) is 10.0 Å². The summed E-state index contributed by atoms with van der Waals surface area (Å²) in [6.07, 6.45) is 3.70. The molecular weight excluding hydrogens is 306 g/mol. The average molecular weight is 325 g/mol. The van der Waals surface area contributed by atoms with Crippen LogP contribution in [0.15, 0.2) is 23.1 Å². The Morgan fingerprint density at radius 3 is 2.50 bits per heavy atom. The second-order valence-corrected chi connectivity index (χ2v) is 7.77. The highest BCUT2D eigenvalue weighted by molar-refractivity contribution is 7.89. The summed E-state index contributed by atoms with van der Waals surface area (Å²) in [4.78, 5) is 10.4. The summed E-state index contributed by atoms with van der Waals surface area (Å²) in [5.41, 5.74) is 0.00478. The highest BCUT2D eigenvalue weighted by atomic mass is 32.2. The molecule has 2 heterocycles. The van der Waals surface area contributed by atoms with E-state index in [2.05, 4.69) is 10.0 Å². The van der Waals surface area contributed by atoms with E-state index >= 15 is 0 Å². The van der Waals surface area contributed by atoms with Crippen molar-refractivity contribution in [1.29, 1.82) is 0 Å². The molecule has 22 heavy (non-hydrogen) atoms. The van der Waals surface area contributed by atoms with E-state index in [0.29, 0.717) is 12.1 Å². The second kappa shape index (κ2) is 5.60. The Morgan fingerprint density at radius 2 is 1.91 bits per heavy atom. The van der Waals surface area contributed by atoms with Gasteiger partial charge < -0.3 is 5.32 Å². The minimum atomic E-state index is -3.75. The van der Waals surface area contributed by atoms with Crippen LogP contribution in [0.2, 0.25) is 0 Å². The van der Waals surface area contributed by atoms with Crippen molar-refractivity contribution in [3.63, 3.8) is 0 Å². The topological polar surface area (TPSA) is 101 Å². The Labute approximate surface area is 129 Å². The normalized spacial score (nSPS) is 27.8. The van der Waals surface area contributed by atoms with Gasteiger partial charge >= 0.3 is 0 Å². The van der Waals surface area contributed by atoms with Gasteiger partial charge in [0.1, 0.15) is 0 Å². The standard InChI is InChI=1S/C14H19N3O4S/c1-9-13(17(18)19)3-2-4-14(9)22(20,21)16-12-7-10-5-6-11(8-12)15-10/h2-4,10-12,15-16H,5-8H2,1H3. The number of sulfonamides is 1. The molecule has 2 atom stereocenters. The van der Waals surface area contributed by atoms with Crippen LogP contribution in [0.25, 0.3) is 0 Å². The van der Waals surface area contributed by atoms with Crippen LogP contribution < -0.4 is 10.0 Å². The van der Waals surface area contributed by atoms with E-state index < -0.39 is 14.9 Å². The summed E-state index contributed by atoms with van der Waals surface area (Å²) < 4.78 is 27.9. The van der Waals surface area contributed by atoms with Gasteiger partial charge in [0.25, 0.3) is 5.69 Å².